The SMILES string of the molecule is C[C@H](N)CNc1ccc(C(=O)Nc2cc(F)c3nn(C)cc3c2)c2nc(OCCNC(=O)C(F)(F)F)ncc12. The van der Waals surface area contributed by atoms with Gasteiger partial charge in [-0.3, -0.25) is 14.3 Å². The summed E-state index contributed by atoms with van der Waals surface area (Å²) in [6.07, 6.45) is -2.03. The highest BCUT2D eigenvalue weighted by Crippen LogP contribution is 2.28. The number of carbonyl (C=O) groups excluding carboxylic acids is 2. The van der Waals surface area contributed by atoms with Crippen molar-refractivity contribution in [3.63, 3.8) is 0 Å². The molecule has 2 aromatic carbocycles. The Kier molecular flexibility index (Phi) is 7.80. The molecule has 206 valence electrons. The summed E-state index contributed by atoms with van der Waals surface area (Å²) in [6.45, 7) is 1.39. The third kappa shape index (κ3) is 6.49. The van der Waals surface area contributed by atoms with Gasteiger partial charge in [0.1, 0.15) is 12.1 Å². The second kappa shape index (κ2) is 11.1. The maximum Gasteiger partial charge on any atom is 0.471 e. The van der Waals surface area contributed by atoms with Crippen molar-refractivity contribution in [2.75, 3.05) is 30.3 Å². The van der Waals surface area contributed by atoms with Gasteiger partial charge in [-0.15, -0.1) is 0 Å². The summed E-state index contributed by atoms with van der Waals surface area (Å²) < 4.78 is 58.3. The average molecular weight is 549 g/mol. The lowest BCUT2D eigenvalue weighted by Crippen LogP contribution is -2.38. The fourth-order valence-electron chi connectivity index (χ4n) is 3.67. The first kappa shape index (κ1) is 27.5. The Morgan fingerprint density at radius 3 is 2.69 bits per heavy atom. The number of benzene rings is 2. The first-order chi connectivity index (χ1) is 18.4. The van der Waals surface area contributed by atoms with Crippen LogP contribution in [0.25, 0.3) is 21.8 Å². The summed E-state index contributed by atoms with van der Waals surface area (Å²) in [5.74, 6) is -3.32. The van der Waals surface area contributed by atoms with Crippen LogP contribution in [0.15, 0.2) is 36.7 Å². The van der Waals surface area contributed by atoms with Crippen molar-refractivity contribution < 1.29 is 31.9 Å². The third-order valence-electron chi connectivity index (χ3n) is 5.40. The Bertz CT molecular complexity index is 1540. The number of ether oxygens (including phenoxy) is 1. The van der Waals surface area contributed by atoms with Gasteiger partial charge in [-0.2, -0.15) is 23.3 Å². The topological polar surface area (TPSA) is 149 Å². The van der Waals surface area contributed by atoms with Crippen LogP contribution in [0.5, 0.6) is 6.01 Å². The molecular formula is C24H24F4N8O3. The van der Waals surface area contributed by atoms with Crippen LogP contribution in [0.1, 0.15) is 17.3 Å². The van der Waals surface area contributed by atoms with Crippen LogP contribution in [0.4, 0.5) is 28.9 Å². The van der Waals surface area contributed by atoms with Crippen molar-refractivity contribution in [2.24, 2.45) is 12.8 Å². The summed E-state index contributed by atoms with van der Waals surface area (Å²) in [5, 5.41) is 12.4. The molecule has 0 saturated carbocycles. The smallest absolute Gasteiger partial charge is 0.462 e. The highest BCUT2D eigenvalue weighted by molar-refractivity contribution is 6.14. The van der Waals surface area contributed by atoms with Crippen LogP contribution >= 0.6 is 0 Å². The quantitative estimate of drug-likeness (QED) is 0.184. The second-order valence-corrected chi connectivity index (χ2v) is 8.69. The van der Waals surface area contributed by atoms with E-state index in [1.165, 1.54) is 16.9 Å². The van der Waals surface area contributed by atoms with Gasteiger partial charge < -0.3 is 26.4 Å². The number of rotatable bonds is 9. The Morgan fingerprint density at radius 2 is 1.97 bits per heavy atom. The van der Waals surface area contributed by atoms with Gasteiger partial charge >= 0.3 is 18.1 Å². The minimum atomic E-state index is -5.02. The van der Waals surface area contributed by atoms with Crippen molar-refractivity contribution in [3.05, 3.63) is 48.0 Å². The molecule has 1 atom stereocenters. The zero-order valence-electron chi connectivity index (χ0n) is 20.8. The molecule has 2 heterocycles. The first-order valence-electron chi connectivity index (χ1n) is 11.6. The summed E-state index contributed by atoms with van der Waals surface area (Å²) in [4.78, 5) is 32.5. The number of aryl methyl sites for hydroxylation is 1. The molecule has 11 nitrogen and oxygen atoms in total. The fourth-order valence-corrected chi connectivity index (χ4v) is 3.67. The van der Waals surface area contributed by atoms with Gasteiger partial charge in [0.15, 0.2) is 5.82 Å². The zero-order valence-corrected chi connectivity index (χ0v) is 20.8. The molecule has 2 amide bonds. The number of alkyl halides is 3. The van der Waals surface area contributed by atoms with Gasteiger partial charge in [-0.1, -0.05) is 0 Å². The normalized spacial score (nSPS) is 12.4. The molecule has 2 aromatic heterocycles. The third-order valence-corrected chi connectivity index (χ3v) is 5.40. The molecule has 0 fully saturated rings. The van der Waals surface area contributed by atoms with Gasteiger partial charge in [-0.05, 0) is 31.2 Å². The second-order valence-electron chi connectivity index (χ2n) is 8.69. The van der Waals surface area contributed by atoms with Gasteiger partial charge in [0.2, 0.25) is 0 Å². The van der Waals surface area contributed by atoms with Crippen LogP contribution < -0.4 is 26.4 Å². The van der Waals surface area contributed by atoms with Crippen molar-refractivity contribution in [1.29, 1.82) is 0 Å². The lowest BCUT2D eigenvalue weighted by molar-refractivity contribution is -0.173. The number of fused-ring (bicyclic) bond motifs is 2. The number of hydrogen-bond acceptors (Lipinski definition) is 8. The molecule has 0 spiro atoms. The Labute approximate surface area is 218 Å². The van der Waals surface area contributed by atoms with E-state index in [0.29, 0.717) is 23.0 Å². The van der Waals surface area contributed by atoms with E-state index in [-0.39, 0.29) is 40.9 Å². The number of anilines is 2. The summed E-state index contributed by atoms with van der Waals surface area (Å²) in [5.41, 5.74) is 7.01. The largest absolute Gasteiger partial charge is 0.471 e. The summed E-state index contributed by atoms with van der Waals surface area (Å²) >= 11 is 0. The highest BCUT2D eigenvalue weighted by Gasteiger charge is 2.38. The van der Waals surface area contributed by atoms with Crippen molar-refractivity contribution in [2.45, 2.75) is 19.1 Å². The van der Waals surface area contributed by atoms with E-state index < -0.39 is 30.4 Å². The van der Waals surface area contributed by atoms with Crippen LogP contribution in [-0.2, 0) is 11.8 Å². The molecule has 39 heavy (non-hydrogen) atoms. The van der Waals surface area contributed by atoms with E-state index in [1.54, 1.807) is 37.6 Å². The van der Waals surface area contributed by atoms with Crippen LogP contribution in [0.2, 0.25) is 0 Å². The van der Waals surface area contributed by atoms with E-state index in [0.717, 1.165) is 6.07 Å². The fraction of sp³-hybridized carbons (Fsp3) is 0.292. The van der Waals surface area contributed by atoms with Crippen LogP contribution in [0, 0.1) is 5.82 Å². The van der Waals surface area contributed by atoms with Crippen LogP contribution in [0.3, 0.4) is 0 Å². The number of carbonyl (C=O) groups is 2. The molecule has 4 aromatic rings. The van der Waals surface area contributed by atoms with Crippen molar-refractivity contribution >= 4 is 45.0 Å². The molecule has 0 aliphatic carbocycles. The molecule has 15 heteroatoms. The lowest BCUT2D eigenvalue weighted by Gasteiger charge is -2.15. The Morgan fingerprint density at radius 1 is 1.21 bits per heavy atom. The molecule has 0 unspecified atom stereocenters. The van der Waals surface area contributed by atoms with Gasteiger partial charge in [0, 0.05) is 54.2 Å². The molecule has 0 bridgehead atoms. The first-order valence-corrected chi connectivity index (χ1v) is 11.6. The number of aromatic nitrogens is 4. The van der Waals surface area contributed by atoms with Gasteiger partial charge in [-0.25, -0.2) is 9.37 Å². The average Bonchev–Trinajstić information content (AvgIpc) is 3.24. The summed E-state index contributed by atoms with van der Waals surface area (Å²) in [7, 11) is 1.65. The van der Waals surface area contributed by atoms with Crippen molar-refractivity contribution in [3.8, 4) is 6.01 Å². The Balaban J connectivity index is 1.61. The number of nitrogens with zero attached hydrogens (tertiary/aromatic N) is 4. The lowest BCUT2D eigenvalue weighted by atomic mass is 10.1. The van der Waals surface area contributed by atoms with E-state index >= 15 is 0 Å². The standard InChI is InChI=1S/C24H24F4N8O3/c1-12(29)9-31-18-4-3-15(21(37)33-14-7-13-11-36(2)35-19(13)17(25)8-14)20-16(18)10-32-23(34-20)39-6-5-30-22(38)24(26,27)28/h3-4,7-8,10-12,31H,5-6,9,29H2,1-2H3,(H,30,38)(H,33,37)/t12-/m0/s1. The molecule has 0 saturated heterocycles. The van der Waals surface area contributed by atoms with E-state index in [4.69, 9.17) is 10.5 Å². The number of nitrogens with one attached hydrogen (secondary N) is 3. The van der Waals surface area contributed by atoms with Crippen molar-refractivity contribution in [1.82, 2.24) is 25.1 Å². The molecule has 0 aliphatic heterocycles. The number of halogens is 4. The highest BCUT2D eigenvalue weighted by atomic mass is 19.4. The molecule has 4 rings (SSSR count). The van der Waals surface area contributed by atoms with E-state index in [2.05, 4.69) is 25.7 Å². The van der Waals surface area contributed by atoms with E-state index in [1.807, 2.05) is 0 Å². The maximum atomic E-state index is 14.5. The maximum absolute atomic E-state index is 14.5. The molecule has 0 aliphatic rings. The molecule has 0 radical (unpaired) electrons. The monoisotopic (exact) mass is 548 g/mol. The molecular weight excluding hydrogens is 524 g/mol. The molecule has 5 N–H and O–H groups in total. The minimum absolute atomic E-state index is 0.0978. The predicted molar refractivity (Wildman–Crippen MR) is 135 cm³/mol. The summed E-state index contributed by atoms with van der Waals surface area (Å²) in [6, 6.07) is 5.44. The number of hydrogen-bond donors (Lipinski definition) is 4. The van der Waals surface area contributed by atoms with Gasteiger partial charge in [0.05, 0.1) is 17.6 Å². The zero-order chi connectivity index (χ0) is 28.3. The minimum Gasteiger partial charge on any atom is -0.462 e. The van der Waals surface area contributed by atoms with E-state index in [9.17, 15) is 27.2 Å². The number of amides is 2. The predicted octanol–water partition coefficient (Wildman–Crippen LogP) is 2.72. The van der Waals surface area contributed by atoms with Gasteiger partial charge in [0.25, 0.3) is 5.91 Å². The number of nitrogens with two attached hydrogens (primary N) is 1. The van der Waals surface area contributed by atoms with Crippen LogP contribution in [-0.4, -0.2) is 63.5 Å². The Hall–Kier alpha value is -4.53.